The van der Waals surface area contributed by atoms with Crippen LogP contribution in [0.2, 0.25) is 0 Å². The molecule has 90 valence electrons. The first-order valence-electron chi connectivity index (χ1n) is 6.03. The zero-order valence-corrected chi connectivity index (χ0v) is 10.9. The third-order valence-corrected chi connectivity index (χ3v) is 2.04. The average molecular weight is 220 g/mol. The fourth-order valence-corrected chi connectivity index (χ4v) is 1.38. The van der Waals surface area contributed by atoms with Gasteiger partial charge in [-0.15, -0.1) is 0 Å². The Morgan fingerprint density at radius 3 is 2.56 bits per heavy atom. The number of hydrogen-bond acceptors (Lipinski definition) is 1. The van der Waals surface area contributed by atoms with E-state index in [1.807, 2.05) is 32.9 Å². The van der Waals surface area contributed by atoms with Crippen LogP contribution in [0.3, 0.4) is 0 Å². The van der Waals surface area contributed by atoms with E-state index in [2.05, 4.69) is 30.1 Å². The fraction of sp³-hybridized carbons (Fsp3) is 0.429. The molecule has 3 N–H and O–H groups in total. The van der Waals surface area contributed by atoms with Gasteiger partial charge in [-0.1, -0.05) is 39.0 Å². The summed E-state index contributed by atoms with van der Waals surface area (Å²) in [5, 5.41) is 2.39. The van der Waals surface area contributed by atoms with Crippen LogP contribution in [0.5, 0.6) is 0 Å². The van der Waals surface area contributed by atoms with E-state index < -0.39 is 0 Å². The molecule has 0 saturated heterocycles. The van der Waals surface area contributed by atoms with E-state index in [4.69, 9.17) is 5.73 Å². The van der Waals surface area contributed by atoms with Gasteiger partial charge < -0.3 is 10.7 Å². The van der Waals surface area contributed by atoms with Crippen molar-refractivity contribution >= 4 is 12.2 Å². The minimum absolute atomic E-state index is 0.564. The number of aromatic amines is 1. The van der Waals surface area contributed by atoms with Crippen LogP contribution in [-0.2, 0) is 6.54 Å². The lowest BCUT2D eigenvalue weighted by atomic mass is 10.3. The molecule has 16 heavy (non-hydrogen) atoms. The van der Waals surface area contributed by atoms with Crippen molar-refractivity contribution in [1.82, 2.24) is 4.98 Å². The molecular weight excluding hydrogens is 196 g/mol. The van der Waals surface area contributed by atoms with Gasteiger partial charge in [0.1, 0.15) is 0 Å². The quantitative estimate of drug-likeness (QED) is 0.804. The first-order valence-corrected chi connectivity index (χ1v) is 6.03. The van der Waals surface area contributed by atoms with E-state index >= 15 is 0 Å². The lowest BCUT2D eigenvalue weighted by molar-refractivity contribution is 1.00. The van der Waals surface area contributed by atoms with Gasteiger partial charge in [-0.2, -0.15) is 0 Å². The van der Waals surface area contributed by atoms with E-state index in [9.17, 15) is 0 Å². The number of aromatic nitrogens is 1. The number of hydrogen-bond donors (Lipinski definition) is 2. The smallest absolute Gasteiger partial charge is 0.0453 e. The van der Waals surface area contributed by atoms with Crippen molar-refractivity contribution in [3.05, 3.63) is 34.5 Å². The van der Waals surface area contributed by atoms with E-state index in [1.54, 1.807) is 0 Å². The highest BCUT2D eigenvalue weighted by Crippen LogP contribution is 1.84. The van der Waals surface area contributed by atoms with Gasteiger partial charge >= 0.3 is 0 Å². The molecule has 0 amide bonds. The second-order valence-corrected chi connectivity index (χ2v) is 3.17. The molecule has 1 aromatic heterocycles. The van der Waals surface area contributed by atoms with Gasteiger partial charge in [0.2, 0.25) is 0 Å². The molecule has 0 aliphatic heterocycles. The lowest BCUT2D eigenvalue weighted by Crippen LogP contribution is -2.21. The van der Waals surface area contributed by atoms with Crippen LogP contribution in [0.25, 0.3) is 12.2 Å². The van der Waals surface area contributed by atoms with Crippen molar-refractivity contribution in [2.45, 2.75) is 40.7 Å². The van der Waals surface area contributed by atoms with Crippen LogP contribution in [0.4, 0.5) is 0 Å². The second kappa shape index (κ2) is 8.98. The predicted octanol–water partition coefficient (Wildman–Crippen LogP) is 2.05. The summed E-state index contributed by atoms with van der Waals surface area (Å²) in [7, 11) is 0. The summed E-state index contributed by atoms with van der Waals surface area (Å²) < 4.78 is 0. The van der Waals surface area contributed by atoms with Gasteiger partial charge in [0.25, 0.3) is 0 Å². The van der Waals surface area contributed by atoms with Crippen molar-refractivity contribution in [1.29, 1.82) is 0 Å². The summed E-state index contributed by atoms with van der Waals surface area (Å²) in [6.45, 7) is 8.70. The summed E-state index contributed by atoms with van der Waals surface area (Å²) in [6.07, 6.45) is 9.35. The molecule has 0 aromatic carbocycles. The van der Waals surface area contributed by atoms with Gasteiger partial charge in [-0.05, 0) is 30.7 Å². The van der Waals surface area contributed by atoms with Gasteiger partial charge in [0.05, 0.1) is 0 Å². The molecular formula is C14H24N2. The summed E-state index contributed by atoms with van der Waals surface area (Å²) in [5.41, 5.74) is 6.66. The third kappa shape index (κ3) is 4.49. The third-order valence-electron chi connectivity index (χ3n) is 2.04. The molecule has 0 spiro atoms. The molecule has 0 bridgehead atoms. The molecule has 0 unspecified atom stereocenters. The fourth-order valence-electron chi connectivity index (χ4n) is 1.38. The van der Waals surface area contributed by atoms with Crippen molar-refractivity contribution in [3.8, 4) is 0 Å². The Kier molecular flexibility index (Phi) is 8.26. The summed E-state index contributed by atoms with van der Waals surface area (Å²) in [5.74, 6) is 0. The zero-order chi connectivity index (χ0) is 12.4. The predicted molar refractivity (Wildman–Crippen MR) is 73.3 cm³/mol. The monoisotopic (exact) mass is 220 g/mol. The van der Waals surface area contributed by atoms with Gasteiger partial charge in [0, 0.05) is 17.6 Å². The van der Waals surface area contributed by atoms with Crippen LogP contribution in [0, 0.1) is 0 Å². The molecule has 0 radical (unpaired) electrons. The molecule has 1 rings (SSSR count). The maximum Gasteiger partial charge on any atom is 0.0453 e. The number of nitrogens with two attached hydrogens (primary N) is 1. The van der Waals surface area contributed by atoms with Crippen molar-refractivity contribution < 1.29 is 0 Å². The SMILES string of the molecule is CC.C\C=C/C=c1/[nH]c(CN)c/c1=C/CC. The van der Waals surface area contributed by atoms with Crippen LogP contribution in [0.1, 0.15) is 39.8 Å². The van der Waals surface area contributed by atoms with Crippen LogP contribution in [-0.4, -0.2) is 4.98 Å². The highest BCUT2D eigenvalue weighted by Gasteiger charge is 1.92. The summed E-state index contributed by atoms with van der Waals surface area (Å²) >= 11 is 0. The number of H-pyrrole nitrogens is 1. The van der Waals surface area contributed by atoms with Crippen molar-refractivity contribution in [3.63, 3.8) is 0 Å². The first kappa shape index (κ1) is 14.7. The first-order chi connectivity index (χ1) is 7.81. The van der Waals surface area contributed by atoms with Gasteiger partial charge in [-0.3, -0.25) is 0 Å². The number of nitrogens with one attached hydrogen (secondary N) is 1. The zero-order valence-electron chi connectivity index (χ0n) is 10.9. The Labute approximate surface area is 98.6 Å². The minimum atomic E-state index is 0.564. The van der Waals surface area contributed by atoms with Crippen LogP contribution >= 0.6 is 0 Å². The topological polar surface area (TPSA) is 41.8 Å². The molecule has 2 heteroatoms. The lowest BCUT2D eigenvalue weighted by Gasteiger charge is -1.83. The van der Waals surface area contributed by atoms with Crippen molar-refractivity contribution in [2.75, 3.05) is 0 Å². The number of rotatable bonds is 3. The normalized spacial score (nSPS) is 13.1. The molecule has 0 atom stereocenters. The Bertz CT molecular complexity index is 410. The van der Waals surface area contributed by atoms with Gasteiger partial charge in [-0.25, -0.2) is 0 Å². The summed E-state index contributed by atoms with van der Waals surface area (Å²) in [6, 6.07) is 2.11. The van der Waals surface area contributed by atoms with Crippen LogP contribution in [0.15, 0.2) is 18.2 Å². The van der Waals surface area contributed by atoms with E-state index in [-0.39, 0.29) is 0 Å². The second-order valence-electron chi connectivity index (χ2n) is 3.17. The summed E-state index contributed by atoms with van der Waals surface area (Å²) in [4.78, 5) is 3.29. The Morgan fingerprint density at radius 2 is 2.06 bits per heavy atom. The highest BCUT2D eigenvalue weighted by molar-refractivity contribution is 5.38. The Hall–Kier alpha value is -1.28. The Balaban J connectivity index is 0.00000106. The van der Waals surface area contributed by atoms with Crippen LogP contribution < -0.4 is 16.3 Å². The standard InChI is InChI=1S/C12H18N2.C2H6/c1-3-5-7-12-10(6-4-2)8-11(9-13)14-12;1-2/h3,5-8,14H,4,9,13H2,1-2H3;1-2H3/b5-3-,10-6-,12-7+;. The van der Waals surface area contributed by atoms with E-state index in [0.29, 0.717) is 6.54 Å². The molecule has 0 saturated carbocycles. The Morgan fingerprint density at radius 1 is 1.38 bits per heavy atom. The molecule has 1 aromatic rings. The average Bonchev–Trinajstić information content (AvgIpc) is 2.72. The molecule has 0 aliphatic carbocycles. The molecule has 0 aliphatic rings. The largest absolute Gasteiger partial charge is 0.357 e. The van der Waals surface area contributed by atoms with E-state index in [0.717, 1.165) is 17.5 Å². The highest BCUT2D eigenvalue weighted by atomic mass is 14.7. The molecule has 2 nitrogen and oxygen atoms in total. The minimum Gasteiger partial charge on any atom is -0.357 e. The maximum atomic E-state index is 5.58. The van der Waals surface area contributed by atoms with Gasteiger partial charge in [0.15, 0.2) is 0 Å². The molecule has 1 heterocycles. The van der Waals surface area contributed by atoms with Crippen molar-refractivity contribution in [2.24, 2.45) is 5.73 Å². The molecule has 0 fully saturated rings. The van der Waals surface area contributed by atoms with E-state index in [1.165, 1.54) is 5.22 Å². The number of allylic oxidation sites excluding steroid dienone is 2. The maximum absolute atomic E-state index is 5.58.